The quantitative estimate of drug-likeness (QED) is 0.359. The summed E-state index contributed by atoms with van der Waals surface area (Å²) < 4.78 is 22.9. The Morgan fingerprint density at radius 2 is 1.52 bits per heavy atom. The van der Waals surface area contributed by atoms with Crippen molar-refractivity contribution < 1.29 is 8.42 Å². The minimum absolute atomic E-state index is 0.0469. The number of aromatic nitrogens is 1. The molecule has 0 aliphatic carbocycles. The van der Waals surface area contributed by atoms with Gasteiger partial charge in [0.1, 0.15) is 16.5 Å². The van der Waals surface area contributed by atoms with E-state index in [4.69, 9.17) is 11.5 Å². The molecule has 2 aromatic heterocycles. The van der Waals surface area contributed by atoms with Crippen LogP contribution in [0.3, 0.4) is 0 Å². The lowest BCUT2D eigenvalue weighted by molar-refractivity contribution is 0.614. The highest BCUT2D eigenvalue weighted by Crippen LogP contribution is 2.41. The first-order chi connectivity index (χ1) is 13.0. The fourth-order valence-electron chi connectivity index (χ4n) is 3.09. The number of nitrogens with zero attached hydrogens (tertiary/aromatic N) is 1. The monoisotopic (exact) mass is 395 g/mol. The first kappa shape index (κ1) is 17.5. The van der Waals surface area contributed by atoms with Crippen LogP contribution in [0.15, 0.2) is 60.1 Å². The maximum Gasteiger partial charge on any atom is 0.144 e. The van der Waals surface area contributed by atoms with E-state index in [1.165, 1.54) is 0 Å². The van der Waals surface area contributed by atoms with E-state index in [1.807, 2.05) is 48.5 Å². The number of nitrogens with two attached hydrogens (primary N) is 2. The molecule has 0 radical (unpaired) electrons. The molecule has 136 valence electrons. The molecule has 0 aliphatic rings. The zero-order chi connectivity index (χ0) is 19.0. The summed E-state index contributed by atoms with van der Waals surface area (Å²) in [6.45, 7) is 0. The molecule has 0 saturated heterocycles. The average molecular weight is 396 g/mol. The summed E-state index contributed by atoms with van der Waals surface area (Å²) in [5, 5.41) is 3.00. The van der Waals surface area contributed by atoms with Crippen LogP contribution in [0.4, 0.5) is 11.5 Å². The summed E-state index contributed by atoms with van der Waals surface area (Å²) in [6, 6.07) is 15.2. The number of rotatable bonds is 4. The molecular formula is C20H17N3O2S2. The highest BCUT2D eigenvalue weighted by atomic mass is 32.2. The van der Waals surface area contributed by atoms with E-state index in [0.29, 0.717) is 11.5 Å². The Hall–Kier alpha value is -2.90. The molecule has 2 heterocycles. The third-order valence-corrected chi connectivity index (χ3v) is 6.06. The summed E-state index contributed by atoms with van der Waals surface area (Å²) in [4.78, 5) is 4.39. The zero-order valence-electron chi connectivity index (χ0n) is 14.3. The topological polar surface area (TPSA) is 99.1 Å². The van der Waals surface area contributed by atoms with Crippen LogP contribution in [0, 0.1) is 0 Å². The third kappa shape index (κ3) is 3.39. The molecule has 0 atom stereocenters. The van der Waals surface area contributed by atoms with Gasteiger partial charge in [0, 0.05) is 33.1 Å². The Kier molecular flexibility index (Phi) is 4.55. The van der Waals surface area contributed by atoms with Crippen LogP contribution in [0.2, 0.25) is 0 Å². The molecule has 4 N–H and O–H groups in total. The Balaban J connectivity index is 1.83. The van der Waals surface area contributed by atoms with Crippen LogP contribution < -0.4 is 11.5 Å². The van der Waals surface area contributed by atoms with E-state index >= 15 is 0 Å². The van der Waals surface area contributed by atoms with Crippen molar-refractivity contribution in [1.82, 2.24) is 4.98 Å². The van der Waals surface area contributed by atoms with E-state index in [-0.39, 0.29) is 5.75 Å². The Morgan fingerprint density at radius 1 is 0.889 bits per heavy atom. The molecule has 5 nitrogen and oxygen atoms in total. The van der Waals surface area contributed by atoms with Gasteiger partial charge in [0.15, 0.2) is 0 Å². The predicted molar refractivity (Wildman–Crippen MR) is 113 cm³/mol. The van der Waals surface area contributed by atoms with E-state index in [1.54, 1.807) is 17.5 Å². The molecule has 0 amide bonds. The lowest BCUT2D eigenvalue weighted by Crippen LogP contribution is -1.93. The molecule has 4 rings (SSSR count). The number of anilines is 2. The van der Waals surface area contributed by atoms with Gasteiger partial charge < -0.3 is 11.5 Å². The fourth-order valence-corrected chi connectivity index (χ4v) is 4.72. The van der Waals surface area contributed by atoms with Gasteiger partial charge in [-0.05, 0) is 34.2 Å². The van der Waals surface area contributed by atoms with Crippen LogP contribution in [0.5, 0.6) is 0 Å². The lowest BCUT2D eigenvalue weighted by atomic mass is 10.0. The molecule has 4 aromatic rings. The number of nitrogen functional groups attached to an aromatic ring is 2. The molecule has 0 saturated carbocycles. The molecule has 0 fully saturated rings. The van der Waals surface area contributed by atoms with Crippen molar-refractivity contribution in [3.8, 4) is 22.3 Å². The number of pyridine rings is 1. The second-order valence-electron chi connectivity index (χ2n) is 6.22. The molecule has 7 heteroatoms. The standard InChI is InChI=1S/C20H17N3O2S2/c21-15-7-5-14(6-8-15)17-10-26-19-16(9-23-20(22)18(17)19)13-3-1-12(2-4-13)11-27(24)25/h1-10,27H,11,21H2,(H2,22,23). The summed E-state index contributed by atoms with van der Waals surface area (Å²) in [7, 11) is -2.43. The number of thiol groups is 1. The minimum atomic E-state index is -2.43. The van der Waals surface area contributed by atoms with Crippen LogP contribution in [0.25, 0.3) is 32.3 Å². The molecular weight excluding hydrogens is 378 g/mol. The molecule has 2 aromatic carbocycles. The first-order valence-corrected chi connectivity index (χ1v) is 10.5. The van der Waals surface area contributed by atoms with E-state index in [2.05, 4.69) is 10.4 Å². The Morgan fingerprint density at radius 3 is 2.19 bits per heavy atom. The number of thiophene rings is 1. The Bertz CT molecular complexity index is 1190. The predicted octanol–water partition coefficient (Wildman–Crippen LogP) is 3.91. The number of hydrogen-bond acceptors (Lipinski definition) is 6. The van der Waals surface area contributed by atoms with Crippen LogP contribution in [-0.2, 0) is 16.5 Å². The van der Waals surface area contributed by atoms with Gasteiger partial charge in [-0.25, -0.2) is 13.4 Å². The SMILES string of the molecule is Nc1ccc(-c2csc3c(-c4ccc(C[SH](=O)=O)cc4)cnc(N)c23)cc1. The lowest BCUT2D eigenvalue weighted by Gasteiger charge is -2.08. The summed E-state index contributed by atoms with van der Waals surface area (Å²) in [5.41, 5.74) is 17.5. The van der Waals surface area contributed by atoms with Gasteiger partial charge in [0.25, 0.3) is 0 Å². The van der Waals surface area contributed by atoms with Crippen molar-refractivity contribution in [3.05, 3.63) is 65.7 Å². The van der Waals surface area contributed by atoms with Gasteiger partial charge in [0.2, 0.25) is 0 Å². The number of benzene rings is 2. The number of hydrogen-bond donors (Lipinski definition) is 3. The van der Waals surface area contributed by atoms with E-state index in [9.17, 15) is 8.42 Å². The fraction of sp³-hybridized carbons (Fsp3) is 0.0500. The van der Waals surface area contributed by atoms with Crippen LogP contribution in [0.1, 0.15) is 5.56 Å². The zero-order valence-corrected chi connectivity index (χ0v) is 16.0. The average Bonchev–Trinajstić information content (AvgIpc) is 3.09. The second kappa shape index (κ2) is 7.02. The van der Waals surface area contributed by atoms with Gasteiger partial charge >= 0.3 is 0 Å². The van der Waals surface area contributed by atoms with Gasteiger partial charge in [-0.2, -0.15) is 0 Å². The van der Waals surface area contributed by atoms with E-state index < -0.39 is 10.7 Å². The van der Waals surface area contributed by atoms with Crippen molar-refractivity contribution in [2.45, 2.75) is 5.75 Å². The van der Waals surface area contributed by atoms with Crippen molar-refractivity contribution >= 4 is 43.6 Å². The first-order valence-electron chi connectivity index (χ1n) is 8.25. The van der Waals surface area contributed by atoms with Gasteiger partial charge in [-0.1, -0.05) is 36.4 Å². The maximum atomic E-state index is 10.9. The van der Waals surface area contributed by atoms with Crippen LogP contribution >= 0.6 is 11.3 Å². The second-order valence-corrected chi connectivity index (χ2v) is 8.08. The molecule has 0 spiro atoms. The molecule has 27 heavy (non-hydrogen) atoms. The minimum Gasteiger partial charge on any atom is -0.399 e. The van der Waals surface area contributed by atoms with Crippen molar-refractivity contribution in [1.29, 1.82) is 0 Å². The van der Waals surface area contributed by atoms with Gasteiger partial charge in [0.05, 0.1) is 5.75 Å². The smallest absolute Gasteiger partial charge is 0.144 e. The van der Waals surface area contributed by atoms with E-state index in [0.717, 1.165) is 37.9 Å². The number of fused-ring (bicyclic) bond motifs is 1. The summed E-state index contributed by atoms with van der Waals surface area (Å²) in [5.74, 6) is 0.535. The third-order valence-electron chi connectivity index (χ3n) is 4.42. The van der Waals surface area contributed by atoms with Crippen molar-refractivity contribution in [2.75, 3.05) is 11.5 Å². The highest BCUT2D eigenvalue weighted by molar-refractivity contribution is 7.71. The highest BCUT2D eigenvalue weighted by Gasteiger charge is 2.15. The van der Waals surface area contributed by atoms with Crippen molar-refractivity contribution in [3.63, 3.8) is 0 Å². The van der Waals surface area contributed by atoms with Crippen LogP contribution in [-0.4, -0.2) is 13.4 Å². The van der Waals surface area contributed by atoms with Gasteiger partial charge in [-0.3, -0.25) is 0 Å². The molecule has 0 aliphatic heterocycles. The van der Waals surface area contributed by atoms with Crippen molar-refractivity contribution in [2.24, 2.45) is 0 Å². The molecule has 0 unspecified atom stereocenters. The maximum absolute atomic E-state index is 10.9. The Labute approximate surface area is 162 Å². The summed E-state index contributed by atoms with van der Waals surface area (Å²) >= 11 is 1.62. The van der Waals surface area contributed by atoms with Gasteiger partial charge in [-0.15, -0.1) is 11.3 Å². The normalized spacial score (nSPS) is 11.3. The summed E-state index contributed by atoms with van der Waals surface area (Å²) in [6.07, 6.45) is 1.77. The molecule has 0 bridgehead atoms. The largest absolute Gasteiger partial charge is 0.399 e.